The zero-order valence-corrected chi connectivity index (χ0v) is 9.77. The third kappa shape index (κ3) is 2.36. The number of pyridine rings is 1. The van der Waals surface area contributed by atoms with Crippen molar-refractivity contribution in [2.24, 2.45) is 0 Å². The fourth-order valence-corrected chi connectivity index (χ4v) is 1.69. The van der Waals surface area contributed by atoms with Gasteiger partial charge in [0.1, 0.15) is 0 Å². The highest BCUT2D eigenvalue weighted by molar-refractivity contribution is 5.88. The van der Waals surface area contributed by atoms with E-state index >= 15 is 0 Å². The van der Waals surface area contributed by atoms with E-state index in [2.05, 4.69) is 9.72 Å². The Labute approximate surface area is 99.2 Å². The molecule has 0 radical (unpaired) electrons. The van der Waals surface area contributed by atoms with Crippen LogP contribution in [0.1, 0.15) is 5.69 Å². The molecule has 1 heterocycles. The number of fused-ring (bicyclic) bond motifs is 1. The van der Waals surface area contributed by atoms with Crippen LogP contribution in [-0.4, -0.2) is 25.2 Å². The van der Waals surface area contributed by atoms with Gasteiger partial charge in [-0.15, -0.1) is 0 Å². The maximum absolute atomic E-state index is 11.3. The molecule has 17 heavy (non-hydrogen) atoms. The van der Waals surface area contributed by atoms with E-state index in [0.717, 1.165) is 10.8 Å². The quantitative estimate of drug-likeness (QED) is 0.758. The lowest BCUT2D eigenvalue weighted by atomic mass is 10.1. The Kier molecular flexibility index (Phi) is 3.23. The Morgan fingerprint density at radius 3 is 2.76 bits per heavy atom. The van der Waals surface area contributed by atoms with Crippen molar-refractivity contribution in [3.05, 3.63) is 36.0 Å². The molecular formula is C13H13NO3. The molecule has 0 N–H and O–H groups in total. The summed E-state index contributed by atoms with van der Waals surface area (Å²) in [5, 5.41) is 1.94. The fourth-order valence-electron chi connectivity index (χ4n) is 1.69. The molecule has 0 fully saturated rings. The second-order valence-electron chi connectivity index (χ2n) is 3.59. The summed E-state index contributed by atoms with van der Waals surface area (Å²) in [6.07, 6.45) is 0.147. The van der Waals surface area contributed by atoms with Crippen LogP contribution in [-0.2, 0) is 16.0 Å². The van der Waals surface area contributed by atoms with Crippen LogP contribution in [0.15, 0.2) is 30.3 Å². The molecule has 1 aromatic carbocycles. The number of aromatic nitrogens is 1. The maximum atomic E-state index is 11.3. The number of carbonyl (C=O) groups is 1. The highest BCUT2D eigenvalue weighted by Gasteiger charge is 2.10. The first-order valence-electron chi connectivity index (χ1n) is 5.24. The minimum Gasteiger partial charge on any atom is -0.481 e. The molecule has 2 rings (SSSR count). The van der Waals surface area contributed by atoms with Crippen LogP contribution in [0.25, 0.3) is 10.8 Å². The van der Waals surface area contributed by atoms with Crippen LogP contribution in [0.4, 0.5) is 0 Å². The first-order valence-corrected chi connectivity index (χ1v) is 5.24. The fraction of sp³-hybridized carbons (Fsp3) is 0.231. The van der Waals surface area contributed by atoms with Gasteiger partial charge < -0.3 is 9.47 Å². The van der Waals surface area contributed by atoms with Crippen molar-refractivity contribution in [3.8, 4) is 5.88 Å². The minimum atomic E-state index is -0.309. The number of ether oxygens (including phenoxy) is 2. The summed E-state index contributed by atoms with van der Waals surface area (Å²) < 4.78 is 9.77. The lowest BCUT2D eigenvalue weighted by Crippen LogP contribution is -2.07. The molecule has 0 aliphatic carbocycles. The number of benzene rings is 1. The van der Waals surface area contributed by atoms with Crippen LogP contribution < -0.4 is 4.74 Å². The number of nitrogens with zero attached hydrogens (tertiary/aromatic N) is 1. The van der Waals surface area contributed by atoms with Gasteiger partial charge in [-0.05, 0) is 5.39 Å². The van der Waals surface area contributed by atoms with Crippen molar-refractivity contribution < 1.29 is 14.3 Å². The third-order valence-electron chi connectivity index (χ3n) is 2.54. The number of esters is 1. The smallest absolute Gasteiger partial charge is 0.311 e. The minimum absolute atomic E-state index is 0.147. The summed E-state index contributed by atoms with van der Waals surface area (Å²) in [7, 11) is 2.92. The van der Waals surface area contributed by atoms with Crippen molar-refractivity contribution in [3.63, 3.8) is 0 Å². The molecule has 0 aliphatic heterocycles. The topological polar surface area (TPSA) is 48.4 Å². The first kappa shape index (κ1) is 11.4. The largest absolute Gasteiger partial charge is 0.481 e. The van der Waals surface area contributed by atoms with Crippen molar-refractivity contribution in [2.45, 2.75) is 6.42 Å². The maximum Gasteiger partial charge on any atom is 0.311 e. The molecule has 4 nitrogen and oxygen atoms in total. The molecule has 0 saturated heterocycles. The van der Waals surface area contributed by atoms with Gasteiger partial charge in [0.05, 0.1) is 26.3 Å². The normalized spacial score (nSPS) is 10.2. The van der Waals surface area contributed by atoms with E-state index in [1.54, 1.807) is 7.11 Å². The molecule has 4 heteroatoms. The van der Waals surface area contributed by atoms with Crippen LogP contribution in [0, 0.1) is 0 Å². The number of carbonyl (C=O) groups excluding carboxylic acids is 1. The van der Waals surface area contributed by atoms with Crippen molar-refractivity contribution in [1.29, 1.82) is 0 Å². The first-order chi connectivity index (χ1) is 8.24. The van der Waals surface area contributed by atoms with E-state index in [4.69, 9.17) is 4.74 Å². The SMILES string of the molecule is COC(=O)Cc1nc(OC)cc2ccccc12. The molecule has 88 valence electrons. The predicted molar refractivity (Wildman–Crippen MR) is 64.0 cm³/mol. The molecule has 2 aromatic rings. The standard InChI is InChI=1S/C13H13NO3/c1-16-12-7-9-5-3-4-6-10(9)11(14-12)8-13(15)17-2/h3-7H,8H2,1-2H3. The Bertz CT molecular complexity index is 551. The molecule has 0 atom stereocenters. The van der Waals surface area contributed by atoms with E-state index in [1.165, 1.54) is 7.11 Å². The van der Waals surface area contributed by atoms with E-state index in [9.17, 15) is 4.79 Å². The van der Waals surface area contributed by atoms with Gasteiger partial charge in [0.25, 0.3) is 0 Å². The third-order valence-corrected chi connectivity index (χ3v) is 2.54. The van der Waals surface area contributed by atoms with E-state index in [-0.39, 0.29) is 12.4 Å². The van der Waals surface area contributed by atoms with Gasteiger partial charge in [0, 0.05) is 11.5 Å². The van der Waals surface area contributed by atoms with E-state index in [0.29, 0.717) is 11.6 Å². The van der Waals surface area contributed by atoms with E-state index < -0.39 is 0 Å². The zero-order valence-electron chi connectivity index (χ0n) is 9.77. The Hall–Kier alpha value is -2.10. The summed E-state index contributed by atoms with van der Waals surface area (Å²) in [4.78, 5) is 15.6. The van der Waals surface area contributed by atoms with Gasteiger partial charge >= 0.3 is 5.97 Å². The molecule has 0 spiro atoms. The summed E-state index contributed by atoms with van der Waals surface area (Å²) in [6.45, 7) is 0. The number of methoxy groups -OCH3 is 2. The second-order valence-corrected chi connectivity index (χ2v) is 3.59. The highest BCUT2D eigenvalue weighted by Crippen LogP contribution is 2.22. The van der Waals surface area contributed by atoms with Gasteiger partial charge in [-0.1, -0.05) is 24.3 Å². The molecule has 0 amide bonds. The number of hydrogen-bond acceptors (Lipinski definition) is 4. The average molecular weight is 231 g/mol. The summed E-state index contributed by atoms with van der Waals surface area (Å²) in [5.41, 5.74) is 0.673. The molecule has 0 saturated carbocycles. The Balaban J connectivity index is 2.54. The van der Waals surface area contributed by atoms with Crippen LogP contribution in [0.5, 0.6) is 5.88 Å². The monoisotopic (exact) mass is 231 g/mol. The number of rotatable bonds is 3. The summed E-state index contributed by atoms with van der Waals surface area (Å²) in [5.74, 6) is 0.193. The van der Waals surface area contributed by atoms with Gasteiger partial charge in [0.15, 0.2) is 0 Å². The lowest BCUT2D eigenvalue weighted by molar-refractivity contribution is -0.139. The molecular weight excluding hydrogens is 218 g/mol. The predicted octanol–water partition coefficient (Wildman–Crippen LogP) is 1.96. The molecule has 0 unspecified atom stereocenters. The van der Waals surface area contributed by atoms with Gasteiger partial charge in [0.2, 0.25) is 5.88 Å². The van der Waals surface area contributed by atoms with Crippen molar-refractivity contribution >= 4 is 16.7 Å². The van der Waals surface area contributed by atoms with Crippen molar-refractivity contribution in [1.82, 2.24) is 4.98 Å². The summed E-state index contributed by atoms with van der Waals surface area (Å²) in [6, 6.07) is 9.58. The van der Waals surface area contributed by atoms with Gasteiger partial charge in [-0.2, -0.15) is 0 Å². The Morgan fingerprint density at radius 1 is 1.29 bits per heavy atom. The van der Waals surface area contributed by atoms with Crippen LogP contribution in [0.3, 0.4) is 0 Å². The van der Waals surface area contributed by atoms with Gasteiger partial charge in [-0.3, -0.25) is 4.79 Å². The van der Waals surface area contributed by atoms with Crippen molar-refractivity contribution in [2.75, 3.05) is 14.2 Å². The molecule has 1 aromatic heterocycles. The Morgan fingerprint density at radius 2 is 2.06 bits per heavy atom. The van der Waals surface area contributed by atoms with Crippen LogP contribution in [0.2, 0.25) is 0 Å². The second kappa shape index (κ2) is 4.82. The van der Waals surface area contributed by atoms with E-state index in [1.807, 2.05) is 30.3 Å². The average Bonchev–Trinajstić information content (AvgIpc) is 2.38. The zero-order chi connectivity index (χ0) is 12.3. The molecule has 0 aliphatic rings. The van der Waals surface area contributed by atoms with Gasteiger partial charge in [-0.25, -0.2) is 4.98 Å². The van der Waals surface area contributed by atoms with Crippen LogP contribution >= 0.6 is 0 Å². The highest BCUT2D eigenvalue weighted by atomic mass is 16.5. The summed E-state index contributed by atoms with van der Waals surface area (Å²) >= 11 is 0. The number of hydrogen-bond donors (Lipinski definition) is 0. The lowest BCUT2D eigenvalue weighted by Gasteiger charge is -2.07. The molecule has 0 bridgehead atoms.